The Morgan fingerprint density at radius 3 is 2.29 bits per heavy atom. The van der Waals surface area contributed by atoms with Crippen LogP contribution in [0.3, 0.4) is 0 Å². The minimum Gasteiger partial charge on any atom is -0.378 e. The lowest BCUT2D eigenvalue weighted by Gasteiger charge is -2.22. The second kappa shape index (κ2) is 9.59. The number of nitrogens with zero attached hydrogens (tertiary/aromatic N) is 2. The summed E-state index contributed by atoms with van der Waals surface area (Å²) in [6.45, 7) is 2.65. The summed E-state index contributed by atoms with van der Waals surface area (Å²) in [4.78, 5) is 14.1. The minimum atomic E-state index is -3.40. The van der Waals surface area contributed by atoms with E-state index in [-0.39, 0.29) is 18.9 Å². The molecule has 0 heterocycles. The Labute approximate surface area is 168 Å². The molecular formula is C21H29N3O3S. The zero-order valence-corrected chi connectivity index (χ0v) is 17.8. The first-order chi connectivity index (χ1) is 13.2. The molecule has 0 radical (unpaired) electrons. The van der Waals surface area contributed by atoms with Crippen molar-refractivity contribution >= 4 is 27.3 Å². The third-order valence-corrected chi connectivity index (χ3v) is 5.59. The number of carbonyl (C=O) groups excluding carboxylic acids is 1. The molecule has 0 atom stereocenters. The van der Waals surface area contributed by atoms with Crippen LogP contribution >= 0.6 is 0 Å². The molecule has 0 aliphatic carbocycles. The molecule has 0 fully saturated rings. The molecule has 0 spiro atoms. The molecule has 2 rings (SSSR count). The van der Waals surface area contributed by atoms with Crippen LogP contribution in [-0.2, 0) is 21.4 Å². The normalized spacial score (nSPS) is 11.1. The van der Waals surface area contributed by atoms with Gasteiger partial charge < -0.3 is 10.2 Å². The maximum Gasteiger partial charge on any atom is 0.232 e. The lowest BCUT2D eigenvalue weighted by Crippen LogP contribution is -2.32. The van der Waals surface area contributed by atoms with Gasteiger partial charge >= 0.3 is 0 Å². The van der Waals surface area contributed by atoms with Crippen LogP contribution in [0.5, 0.6) is 0 Å². The van der Waals surface area contributed by atoms with E-state index in [2.05, 4.69) is 5.32 Å². The third-order valence-electron chi connectivity index (χ3n) is 4.40. The zero-order chi connectivity index (χ0) is 20.7. The van der Waals surface area contributed by atoms with Crippen LogP contribution in [0.15, 0.2) is 48.5 Å². The second-order valence-electron chi connectivity index (χ2n) is 7.12. The number of amides is 1. The summed E-state index contributed by atoms with van der Waals surface area (Å²) in [5, 5.41) is 2.89. The minimum absolute atomic E-state index is 0.0885. The van der Waals surface area contributed by atoms with Crippen LogP contribution in [0.2, 0.25) is 0 Å². The molecule has 0 unspecified atom stereocenters. The Bertz CT molecular complexity index is 893. The SMILES string of the molecule is Cc1cccc(N(CCCC(=O)NCc2ccc(N(C)C)cc2)S(C)(=O)=O)c1. The molecule has 7 heteroatoms. The van der Waals surface area contributed by atoms with Crippen molar-refractivity contribution < 1.29 is 13.2 Å². The summed E-state index contributed by atoms with van der Waals surface area (Å²) in [5.41, 5.74) is 3.75. The van der Waals surface area contributed by atoms with E-state index in [0.29, 0.717) is 18.7 Å². The van der Waals surface area contributed by atoms with E-state index < -0.39 is 10.0 Å². The number of sulfonamides is 1. The Balaban J connectivity index is 1.85. The van der Waals surface area contributed by atoms with Crippen molar-refractivity contribution in [2.75, 3.05) is 36.1 Å². The first-order valence-electron chi connectivity index (χ1n) is 9.24. The number of benzene rings is 2. The van der Waals surface area contributed by atoms with Crippen molar-refractivity contribution in [1.82, 2.24) is 5.32 Å². The topological polar surface area (TPSA) is 69.7 Å². The number of carbonyl (C=O) groups is 1. The molecule has 0 saturated heterocycles. The zero-order valence-electron chi connectivity index (χ0n) is 17.0. The van der Waals surface area contributed by atoms with Gasteiger partial charge in [0.15, 0.2) is 0 Å². The number of hydrogen-bond donors (Lipinski definition) is 1. The molecule has 0 aliphatic rings. The van der Waals surface area contributed by atoms with Gasteiger partial charge in [-0.25, -0.2) is 8.42 Å². The fourth-order valence-electron chi connectivity index (χ4n) is 2.85. The number of nitrogens with one attached hydrogen (secondary N) is 1. The van der Waals surface area contributed by atoms with Gasteiger partial charge in [-0.15, -0.1) is 0 Å². The van der Waals surface area contributed by atoms with Crippen molar-refractivity contribution in [3.05, 3.63) is 59.7 Å². The molecule has 2 aromatic carbocycles. The van der Waals surface area contributed by atoms with Gasteiger partial charge in [-0.1, -0.05) is 24.3 Å². The lowest BCUT2D eigenvalue weighted by molar-refractivity contribution is -0.121. The molecule has 0 aliphatic heterocycles. The Hall–Kier alpha value is -2.54. The predicted octanol–water partition coefficient (Wildman–Crippen LogP) is 2.92. The van der Waals surface area contributed by atoms with Gasteiger partial charge in [0.1, 0.15) is 0 Å². The fraction of sp³-hybridized carbons (Fsp3) is 0.381. The molecule has 152 valence electrons. The van der Waals surface area contributed by atoms with E-state index in [9.17, 15) is 13.2 Å². The average Bonchev–Trinajstić information content (AvgIpc) is 2.62. The summed E-state index contributed by atoms with van der Waals surface area (Å²) in [7, 11) is 0.558. The van der Waals surface area contributed by atoms with Gasteiger partial charge in [-0.3, -0.25) is 9.10 Å². The van der Waals surface area contributed by atoms with Crippen LogP contribution < -0.4 is 14.5 Å². The van der Waals surface area contributed by atoms with Crippen LogP contribution in [0, 0.1) is 6.92 Å². The van der Waals surface area contributed by atoms with Crippen LogP contribution in [0.25, 0.3) is 0 Å². The molecule has 1 amide bonds. The van der Waals surface area contributed by atoms with Crippen molar-refractivity contribution in [1.29, 1.82) is 0 Å². The molecule has 0 saturated carbocycles. The summed E-state index contributed by atoms with van der Waals surface area (Å²) >= 11 is 0. The quantitative estimate of drug-likeness (QED) is 0.699. The number of aryl methyl sites for hydroxylation is 1. The Morgan fingerprint density at radius 1 is 1.04 bits per heavy atom. The second-order valence-corrected chi connectivity index (χ2v) is 9.02. The maximum absolute atomic E-state index is 12.1. The molecule has 2 aromatic rings. The van der Waals surface area contributed by atoms with Crippen molar-refractivity contribution in [3.63, 3.8) is 0 Å². The first kappa shape index (κ1) is 21.8. The highest BCUT2D eigenvalue weighted by Crippen LogP contribution is 2.19. The van der Waals surface area contributed by atoms with Gasteiger partial charge in [-0.05, 0) is 48.7 Å². The first-order valence-corrected chi connectivity index (χ1v) is 11.1. The monoisotopic (exact) mass is 403 g/mol. The van der Waals surface area contributed by atoms with E-state index in [1.54, 1.807) is 6.07 Å². The van der Waals surface area contributed by atoms with Gasteiger partial charge in [0.05, 0.1) is 11.9 Å². The van der Waals surface area contributed by atoms with Crippen molar-refractivity contribution in [3.8, 4) is 0 Å². The molecule has 0 bridgehead atoms. The van der Waals surface area contributed by atoms with Gasteiger partial charge in [0, 0.05) is 39.3 Å². The van der Waals surface area contributed by atoms with Crippen LogP contribution in [0.4, 0.5) is 11.4 Å². The lowest BCUT2D eigenvalue weighted by atomic mass is 10.2. The largest absolute Gasteiger partial charge is 0.378 e. The van der Waals surface area contributed by atoms with E-state index >= 15 is 0 Å². The molecular weight excluding hydrogens is 374 g/mol. The average molecular weight is 404 g/mol. The van der Waals surface area contributed by atoms with E-state index in [1.807, 2.05) is 68.4 Å². The number of rotatable bonds is 9. The standard InChI is InChI=1S/C21H29N3O3S/c1-17-7-5-8-20(15-17)24(28(4,26)27)14-6-9-21(25)22-16-18-10-12-19(13-11-18)23(2)3/h5,7-8,10-13,15H,6,9,14,16H2,1-4H3,(H,22,25). The summed E-state index contributed by atoms with van der Waals surface area (Å²) in [6.07, 6.45) is 1.91. The van der Waals surface area contributed by atoms with E-state index in [4.69, 9.17) is 0 Å². The highest BCUT2D eigenvalue weighted by atomic mass is 32.2. The van der Waals surface area contributed by atoms with Crippen molar-refractivity contribution in [2.24, 2.45) is 0 Å². The van der Waals surface area contributed by atoms with Gasteiger partial charge in [-0.2, -0.15) is 0 Å². The fourth-order valence-corrected chi connectivity index (χ4v) is 3.81. The third kappa shape index (κ3) is 6.56. The highest BCUT2D eigenvalue weighted by Gasteiger charge is 2.17. The van der Waals surface area contributed by atoms with E-state index in [0.717, 1.165) is 16.8 Å². The predicted molar refractivity (Wildman–Crippen MR) is 115 cm³/mol. The van der Waals surface area contributed by atoms with E-state index in [1.165, 1.54) is 10.6 Å². The summed E-state index contributed by atoms with van der Waals surface area (Å²) in [5.74, 6) is -0.0885. The number of hydrogen-bond acceptors (Lipinski definition) is 4. The van der Waals surface area contributed by atoms with Crippen molar-refractivity contribution in [2.45, 2.75) is 26.3 Å². The van der Waals surface area contributed by atoms with Gasteiger partial charge in [0.2, 0.25) is 15.9 Å². The summed E-state index contributed by atoms with van der Waals surface area (Å²) < 4.78 is 25.6. The molecule has 1 N–H and O–H groups in total. The maximum atomic E-state index is 12.1. The molecule has 6 nitrogen and oxygen atoms in total. The number of anilines is 2. The molecule has 28 heavy (non-hydrogen) atoms. The van der Waals surface area contributed by atoms with Gasteiger partial charge in [0.25, 0.3) is 0 Å². The highest BCUT2D eigenvalue weighted by molar-refractivity contribution is 7.92. The Morgan fingerprint density at radius 2 is 1.71 bits per heavy atom. The van der Waals surface area contributed by atoms with Crippen LogP contribution in [-0.4, -0.2) is 41.2 Å². The van der Waals surface area contributed by atoms with Crippen LogP contribution in [0.1, 0.15) is 24.0 Å². The summed E-state index contributed by atoms with van der Waals surface area (Å²) in [6, 6.07) is 15.3. The Kier molecular flexibility index (Phi) is 7.45. The molecule has 0 aromatic heterocycles. The smallest absolute Gasteiger partial charge is 0.232 e.